The van der Waals surface area contributed by atoms with Crippen molar-refractivity contribution in [3.8, 4) is 0 Å². The van der Waals surface area contributed by atoms with Gasteiger partial charge in [-0.3, -0.25) is 4.90 Å². The molecule has 0 spiro atoms. The third-order valence-electron chi connectivity index (χ3n) is 4.43. The molecule has 2 heteroatoms. The minimum atomic E-state index is 0.173. The van der Waals surface area contributed by atoms with E-state index in [0.29, 0.717) is 18.0 Å². The molecule has 1 rings (SSSR count). The van der Waals surface area contributed by atoms with E-state index in [2.05, 4.69) is 70.8 Å². The molecule has 0 aliphatic heterocycles. The van der Waals surface area contributed by atoms with Crippen LogP contribution in [0.3, 0.4) is 0 Å². The number of likely N-dealkylation sites (N-methyl/N-ethyl adjacent to an activating group) is 1. The fraction of sp³-hybridized carbons (Fsp3) is 0.647. The summed E-state index contributed by atoms with van der Waals surface area (Å²) < 4.78 is 0. The van der Waals surface area contributed by atoms with Crippen molar-refractivity contribution in [3.05, 3.63) is 35.4 Å². The Hall–Kier alpha value is -0.860. The standard InChI is InChI=1S/C17H30N2/c1-7-16(18)17(19(6)14(5)12(2)3)15-11-9-8-10-13(15)4/h8-12,14,16-17H,7,18H2,1-6H3. The third kappa shape index (κ3) is 3.80. The van der Waals surface area contributed by atoms with Gasteiger partial charge in [-0.2, -0.15) is 0 Å². The number of nitrogens with two attached hydrogens (primary N) is 1. The lowest BCUT2D eigenvalue weighted by Gasteiger charge is -2.39. The summed E-state index contributed by atoms with van der Waals surface area (Å²) in [5, 5.41) is 0. The Labute approximate surface area is 119 Å². The van der Waals surface area contributed by atoms with E-state index < -0.39 is 0 Å². The molecule has 0 fully saturated rings. The van der Waals surface area contributed by atoms with Crippen molar-refractivity contribution >= 4 is 0 Å². The summed E-state index contributed by atoms with van der Waals surface area (Å²) >= 11 is 0. The van der Waals surface area contributed by atoms with Gasteiger partial charge in [0, 0.05) is 12.1 Å². The highest BCUT2D eigenvalue weighted by Crippen LogP contribution is 2.29. The predicted molar refractivity (Wildman–Crippen MR) is 84.2 cm³/mol. The largest absolute Gasteiger partial charge is 0.326 e. The predicted octanol–water partition coefficient (Wildman–Crippen LogP) is 3.75. The highest BCUT2D eigenvalue weighted by molar-refractivity contribution is 5.30. The first-order valence-corrected chi connectivity index (χ1v) is 7.43. The average Bonchev–Trinajstić information content (AvgIpc) is 2.39. The third-order valence-corrected chi connectivity index (χ3v) is 4.43. The van der Waals surface area contributed by atoms with E-state index in [4.69, 9.17) is 5.73 Å². The van der Waals surface area contributed by atoms with Gasteiger partial charge in [-0.05, 0) is 44.4 Å². The SMILES string of the molecule is CCC(N)C(c1ccccc1C)N(C)C(C)C(C)C. The van der Waals surface area contributed by atoms with E-state index in [1.165, 1.54) is 11.1 Å². The molecule has 2 nitrogen and oxygen atoms in total. The molecule has 0 saturated carbocycles. The zero-order valence-corrected chi connectivity index (χ0v) is 13.4. The Morgan fingerprint density at radius 3 is 2.21 bits per heavy atom. The Bertz CT molecular complexity index is 387. The van der Waals surface area contributed by atoms with Gasteiger partial charge in [0.05, 0.1) is 6.04 Å². The van der Waals surface area contributed by atoms with Crippen LogP contribution in [-0.2, 0) is 0 Å². The molecule has 0 aliphatic rings. The fourth-order valence-electron chi connectivity index (χ4n) is 2.62. The molecule has 1 aromatic rings. The molecule has 0 heterocycles. The molecular weight excluding hydrogens is 232 g/mol. The molecule has 3 atom stereocenters. The number of rotatable bonds is 6. The molecule has 19 heavy (non-hydrogen) atoms. The van der Waals surface area contributed by atoms with Gasteiger partial charge in [-0.1, -0.05) is 45.0 Å². The van der Waals surface area contributed by atoms with Crippen molar-refractivity contribution in [2.24, 2.45) is 11.7 Å². The smallest absolute Gasteiger partial charge is 0.0501 e. The average molecular weight is 262 g/mol. The van der Waals surface area contributed by atoms with E-state index in [-0.39, 0.29) is 6.04 Å². The van der Waals surface area contributed by atoms with E-state index in [0.717, 1.165) is 6.42 Å². The monoisotopic (exact) mass is 262 g/mol. The van der Waals surface area contributed by atoms with Crippen molar-refractivity contribution < 1.29 is 0 Å². The van der Waals surface area contributed by atoms with Crippen molar-refractivity contribution in [3.63, 3.8) is 0 Å². The second kappa shape index (κ2) is 7.06. The van der Waals surface area contributed by atoms with Crippen LogP contribution < -0.4 is 5.73 Å². The molecule has 3 unspecified atom stereocenters. The van der Waals surface area contributed by atoms with E-state index >= 15 is 0 Å². The lowest BCUT2D eigenvalue weighted by atomic mass is 9.91. The second-order valence-electron chi connectivity index (χ2n) is 6.02. The van der Waals surface area contributed by atoms with Gasteiger partial charge in [0.15, 0.2) is 0 Å². The minimum Gasteiger partial charge on any atom is -0.326 e. The molecule has 0 bridgehead atoms. The van der Waals surface area contributed by atoms with Crippen LogP contribution in [0.4, 0.5) is 0 Å². The summed E-state index contributed by atoms with van der Waals surface area (Å²) in [6.45, 7) is 11.2. The number of aryl methyl sites for hydroxylation is 1. The lowest BCUT2D eigenvalue weighted by molar-refractivity contribution is 0.127. The molecule has 108 valence electrons. The summed E-state index contributed by atoms with van der Waals surface area (Å²) in [5.41, 5.74) is 9.12. The Morgan fingerprint density at radius 2 is 1.74 bits per heavy atom. The Morgan fingerprint density at radius 1 is 1.16 bits per heavy atom. The normalized spacial score (nSPS) is 16.7. The fourth-order valence-corrected chi connectivity index (χ4v) is 2.62. The van der Waals surface area contributed by atoms with Gasteiger partial charge < -0.3 is 5.73 Å². The quantitative estimate of drug-likeness (QED) is 0.846. The van der Waals surface area contributed by atoms with Crippen molar-refractivity contribution in [2.45, 2.75) is 59.2 Å². The zero-order valence-electron chi connectivity index (χ0n) is 13.4. The summed E-state index contributed by atoms with van der Waals surface area (Å²) in [5.74, 6) is 0.626. The molecule has 2 N–H and O–H groups in total. The minimum absolute atomic E-state index is 0.173. The highest BCUT2D eigenvalue weighted by atomic mass is 15.2. The molecular formula is C17H30N2. The Balaban J connectivity index is 3.12. The van der Waals surface area contributed by atoms with Crippen LogP contribution in [0.25, 0.3) is 0 Å². The second-order valence-corrected chi connectivity index (χ2v) is 6.02. The van der Waals surface area contributed by atoms with Gasteiger partial charge >= 0.3 is 0 Å². The van der Waals surface area contributed by atoms with Crippen LogP contribution in [0.5, 0.6) is 0 Å². The van der Waals surface area contributed by atoms with Gasteiger partial charge in [-0.15, -0.1) is 0 Å². The van der Waals surface area contributed by atoms with Crippen LogP contribution in [0.1, 0.15) is 51.3 Å². The topological polar surface area (TPSA) is 29.3 Å². The maximum Gasteiger partial charge on any atom is 0.0501 e. The first kappa shape index (κ1) is 16.2. The molecule has 0 aromatic heterocycles. The number of nitrogens with zero attached hydrogens (tertiary/aromatic N) is 1. The van der Waals surface area contributed by atoms with Gasteiger partial charge in [-0.25, -0.2) is 0 Å². The molecule has 0 amide bonds. The molecule has 1 aromatic carbocycles. The number of hydrogen-bond donors (Lipinski definition) is 1. The van der Waals surface area contributed by atoms with E-state index in [9.17, 15) is 0 Å². The summed E-state index contributed by atoms with van der Waals surface area (Å²) in [4.78, 5) is 2.45. The zero-order chi connectivity index (χ0) is 14.6. The van der Waals surface area contributed by atoms with Crippen molar-refractivity contribution in [1.82, 2.24) is 4.90 Å². The first-order chi connectivity index (χ1) is 8.90. The van der Waals surface area contributed by atoms with Crippen LogP contribution in [0.15, 0.2) is 24.3 Å². The van der Waals surface area contributed by atoms with Crippen LogP contribution in [-0.4, -0.2) is 24.0 Å². The van der Waals surface area contributed by atoms with Gasteiger partial charge in [0.2, 0.25) is 0 Å². The summed E-state index contributed by atoms with van der Waals surface area (Å²) in [6, 6.07) is 9.60. The van der Waals surface area contributed by atoms with Gasteiger partial charge in [0.25, 0.3) is 0 Å². The first-order valence-electron chi connectivity index (χ1n) is 7.43. The maximum atomic E-state index is 6.42. The maximum absolute atomic E-state index is 6.42. The lowest BCUT2D eigenvalue weighted by Crippen LogP contribution is -2.44. The molecule has 0 radical (unpaired) electrons. The van der Waals surface area contributed by atoms with Gasteiger partial charge in [0.1, 0.15) is 0 Å². The van der Waals surface area contributed by atoms with Crippen LogP contribution in [0.2, 0.25) is 0 Å². The highest BCUT2D eigenvalue weighted by Gasteiger charge is 2.28. The van der Waals surface area contributed by atoms with E-state index in [1.54, 1.807) is 0 Å². The molecule has 0 aliphatic carbocycles. The van der Waals surface area contributed by atoms with Crippen LogP contribution in [0, 0.1) is 12.8 Å². The van der Waals surface area contributed by atoms with E-state index in [1.807, 2.05) is 0 Å². The number of benzene rings is 1. The van der Waals surface area contributed by atoms with Crippen LogP contribution >= 0.6 is 0 Å². The number of hydrogen-bond acceptors (Lipinski definition) is 2. The van der Waals surface area contributed by atoms with Crippen molar-refractivity contribution in [1.29, 1.82) is 0 Å². The Kier molecular flexibility index (Phi) is 6.02. The summed E-state index contributed by atoms with van der Waals surface area (Å²) in [7, 11) is 2.21. The molecule has 0 saturated heterocycles. The summed E-state index contributed by atoms with van der Waals surface area (Å²) in [6.07, 6.45) is 0.994. The van der Waals surface area contributed by atoms with Crippen molar-refractivity contribution in [2.75, 3.05) is 7.05 Å².